The summed E-state index contributed by atoms with van der Waals surface area (Å²) in [6, 6.07) is 1.39. The van der Waals surface area contributed by atoms with Gasteiger partial charge in [-0.1, -0.05) is 77.7 Å². The van der Waals surface area contributed by atoms with Gasteiger partial charge in [-0.05, 0) is 25.7 Å². The van der Waals surface area contributed by atoms with Crippen LogP contribution in [0.15, 0.2) is 0 Å². The van der Waals surface area contributed by atoms with E-state index in [1.54, 1.807) is 0 Å². The minimum Gasteiger partial charge on any atom is -0.465 e. The van der Waals surface area contributed by atoms with Gasteiger partial charge in [0.2, 0.25) is 0 Å². The molecule has 0 saturated heterocycles. The van der Waals surface area contributed by atoms with Crippen LogP contribution in [0.4, 0.5) is 0 Å². The topological polar surface area (TPSA) is 27.7 Å². The van der Waals surface area contributed by atoms with E-state index >= 15 is 0 Å². The van der Waals surface area contributed by atoms with E-state index in [-0.39, 0.29) is 37.6 Å². The van der Waals surface area contributed by atoms with Crippen molar-refractivity contribution in [2.24, 2.45) is 0 Å². The summed E-state index contributed by atoms with van der Waals surface area (Å²) >= 11 is 0. The summed E-state index contributed by atoms with van der Waals surface area (Å²) < 4.78 is 18.3. The van der Waals surface area contributed by atoms with Gasteiger partial charge >= 0.3 is 0 Å². The lowest BCUT2D eigenvalue weighted by molar-refractivity contribution is 0.555. The fourth-order valence-electron chi connectivity index (χ4n) is 2.96. The highest BCUT2D eigenvalue weighted by molar-refractivity contribution is 7.21. The second kappa shape index (κ2) is 18.5. The average Bonchev–Trinajstić information content (AvgIpc) is 2.58. The largest absolute Gasteiger partial charge is 0.465 e. The summed E-state index contributed by atoms with van der Waals surface area (Å²) in [7, 11) is -3.43. The van der Waals surface area contributed by atoms with Crippen LogP contribution >= 0.6 is 0 Å². The molecule has 0 radical (unpaired) electrons. The Bertz CT molecular complexity index is 285. The van der Waals surface area contributed by atoms with Crippen LogP contribution in [0.3, 0.4) is 0 Å². The Balaban J connectivity index is 3.34. The molecule has 1 unspecified atom stereocenters. The molecule has 0 N–H and O–H groups in total. The van der Waals surface area contributed by atoms with Crippen LogP contribution in [0.5, 0.6) is 0 Å². The molecule has 0 aromatic carbocycles. The molecule has 1 atom stereocenters. The zero-order chi connectivity index (χ0) is 18.8. The number of hydrogen-bond donors (Lipinski definition) is 0. The van der Waals surface area contributed by atoms with E-state index in [0.29, 0.717) is 0 Å². The zero-order valence-electron chi connectivity index (χ0n) is 17.9. The molecule has 3 nitrogen and oxygen atoms in total. The Morgan fingerprint density at radius 2 is 1.40 bits per heavy atom. The molecular formula is C16H46O3Si6. The summed E-state index contributed by atoms with van der Waals surface area (Å²) in [5, 5.41) is 0. The molecule has 0 aliphatic rings. The van der Waals surface area contributed by atoms with Crippen LogP contribution in [0, 0.1) is 0 Å². The second-order valence-electron chi connectivity index (χ2n) is 7.90. The summed E-state index contributed by atoms with van der Waals surface area (Å²) in [5.74, 6) is 0. The molecule has 0 fully saturated rings. The van der Waals surface area contributed by atoms with Crippen LogP contribution in [-0.4, -0.2) is 54.5 Å². The molecule has 0 aromatic heterocycles. The van der Waals surface area contributed by atoms with Gasteiger partial charge in [-0.25, -0.2) is 0 Å². The lowest BCUT2D eigenvalue weighted by Gasteiger charge is -2.23. The molecule has 152 valence electrons. The molecule has 0 rings (SSSR count). The Kier molecular flexibility index (Phi) is 19.4. The van der Waals surface area contributed by atoms with Crippen LogP contribution in [-0.2, 0) is 12.3 Å². The van der Waals surface area contributed by atoms with E-state index < -0.39 is 16.9 Å². The molecule has 0 heterocycles. The van der Waals surface area contributed by atoms with Crippen LogP contribution < -0.4 is 0 Å². The first-order valence-corrected chi connectivity index (χ1v) is 26.3. The van der Waals surface area contributed by atoms with Gasteiger partial charge in [0.25, 0.3) is 0 Å². The highest BCUT2D eigenvalue weighted by Gasteiger charge is 2.22. The van der Waals surface area contributed by atoms with Crippen molar-refractivity contribution in [3.63, 3.8) is 0 Å². The van der Waals surface area contributed by atoms with E-state index in [1.165, 1.54) is 70.3 Å². The van der Waals surface area contributed by atoms with Gasteiger partial charge in [0.05, 0.1) is 0 Å². The SMILES string of the molecule is CCCCCCCCCCCC[SiH](C)O[SiH2][SiH2]O[Si](C)(C)[SiH2]O[SiH2]C. The maximum Gasteiger partial charge on any atom is 0.183 e. The summed E-state index contributed by atoms with van der Waals surface area (Å²) in [4.78, 5) is 0. The maximum atomic E-state index is 6.28. The lowest BCUT2D eigenvalue weighted by Crippen LogP contribution is -2.43. The summed E-state index contributed by atoms with van der Waals surface area (Å²) in [6.45, 7) is 11.6. The van der Waals surface area contributed by atoms with Crippen molar-refractivity contribution >= 4 is 54.5 Å². The Morgan fingerprint density at radius 1 is 0.840 bits per heavy atom. The minimum absolute atomic E-state index is 0.212. The highest BCUT2D eigenvalue weighted by atomic mass is 29.2. The third-order valence-corrected chi connectivity index (χ3v) is 26.5. The average molecular weight is 455 g/mol. The molecule has 0 aromatic rings. The van der Waals surface area contributed by atoms with Gasteiger partial charge in [0, 0.05) is 0 Å². The van der Waals surface area contributed by atoms with Gasteiger partial charge in [0.1, 0.15) is 9.76 Å². The predicted octanol–water partition coefficient (Wildman–Crippen LogP) is 2.31. The molecule has 0 spiro atoms. The van der Waals surface area contributed by atoms with Gasteiger partial charge in [-0.15, -0.1) is 0 Å². The fourth-order valence-corrected chi connectivity index (χ4v) is 33.3. The smallest absolute Gasteiger partial charge is 0.183 e. The normalized spacial score (nSPS) is 15.2. The van der Waals surface area contributed by atoms with Crippen molar-refractivity contribution in [2.75, 3.05) is 0 Å². The van der Waals surface area contributed by atoms with Crippen molar-refractivity contribution in [3.05, 3.63) is 0 Å². The van der Waals surface area contributed by atoms with Gasteiger partial charge in [-0.2, -0.15) is 0 Å². The standard InChI is InChI=1S/C16H46O3Si6/c1-6-7-8-9-10-11-12-13-14-15-16-24(3)18-21-22-19-25(4,5)23-17-20-2/h24H,6-16,20-23H2,1-5H3. The lowest BCUT2D eigenvalue weighted by atomic mass is 10.1. The maximum absolute atomic E-state index is 6.28. The molecular weight excluding hydrogens is 409 g/mol. The highest BCUT2D eigenvalue weighted by Crippen LogP contribution is 2.12. The van der Waals surface area contributed by atoms with E-state index in [1.807, 2.05) is 0 Å². The van der Waals surface area contributed by atoms with Crippen molar-refractivity contribution in [1.29, 1.82) is 0 Å². The van der Waals surface area contributed by atoms with Crippen LogP contribution in [0.2, 0.25) is 32.2 Å². The predicted molar refractivity (Wildman–Crippen MR) is 130 cm³/mol. The summed E-state index contributed by atoms with van der Waals surface area (Å²) in [6.07, 6.45) is 14.3. The second-order valence-corrected chi connectivity index (χ2v) is 27.8. The number of unbranched alkanes of at least 4 members (excludes halogenated alkanes) is 9. The van der Waals surface area contributed by atoms with Crippen molar-refractivity contribution in [1.82, 2.24) is 0 Å². The number of rotatable bonds is 19. The van der Waals surface area contributed by atoms with Gasteiger partial charge in [-0.3, -0.25) is 0 Å². The molecule has 0 saturated carbocycles. The molecule has 0 bridgehead atoms. The van der Waals surface area contributed by atoms with E-state index in [2.05, 4.69) is 33.1 Å². The third kappa shape index (κ3) is 19.7. The van der Waals surface area contributed by atoms with Crippen molar-refractivity contribution in [2.45, 2.75) is 103 Å². The van der Waals surface area contributed by atoms with Crippen molar-refractivity contribution < 1.29 is 12.3 Å². The first-order valence-electron chi connectivity index (χ1n) is 10.8. The van der Waals surface area contributed by atoms with E-state index in [9.17, 15) is 0 Å². The van der Waals surface area contributed by atoms with Gasteiger partial charge in [0.15, 0.2) is 44.7 Å². The third-order valence-electron chi connectivity index (χ3n) is 4.60. The molecule has 0 aliphatic carbocycles. The fraction of sp³-hybridized carbons (Fsp3) is 1.00. The van der Waals surface area contributed by atoms with Crippen LogP contribution in [0.1, 0.15) is 71.1 Å². The van der Waals surface area contributed by atoms with Crippen molar-refractivity contribution in [3.8, 4) is 0 Å². The van der Waals surface area contributed by atoms with Crippen LogP contribution in [0.25, 0.3) is 0 Å². The first kappa shape index (κ1) is 26.2. The van der Waals surface area contributed by atoms with E-state index in [0.717, 1.165) is 0 Å². The van der Waals surface area contributed by atoms with Gasteiger partial charge < -0.3 is 12.3 Å². The molecule has 0 amide bonds. The Morgan fingerprint density at radius 3 is 1.96 bits per heavy atom. The monoisotopic (exact) mass is 454 g/mol. The molecule has 0 aliphatic heterocycles. The summed E-state index contributed by atoms with van der Waals surface area (Å²) in [5.41, 5.74) is 0. The number of hydrogen-bond acceptors (Lipinski definition) is 3. The quantitative estimate of drug-likeness (QED) is 0.221. The zero-order valence-corrected chi connectivity index (χ0v) is 25.7. The van der Waals surface area contributed by atoms with E-state index in [4.69, 9.17) is 12.3 Å². The molecule has 9 heteroatoms. The minimum atomic E-state index is -1.37. The molecule has 25 heavy (non-hydrogen) atoms. The Labute approximate surface area is 170 Å². The Hall–Kier alpha value is 1.18. The first-order chi connectivity index (χ1) is 12.0.